The van der Waals surface area contributed by atoms with Crippen LogP contribution in [0.15, 0.2) is 84.0 Å². The molecule has 0 spiro atoms. The number of fused-ring (bicyclic) bond motifs is 1. The lowest BCUT2D eigenvalue weighted by Crippen LogP contribution is -2.18. The molecule has 1 aliphatic heterocycles. The van der Waals surface area contributed by atoms with Crippen molar-refractivity contribution in [3.63, 3.8) is 0 Å². The summed E-state index contributed by atoms with van der Waals surface area (Å²) in [4.78, 5) is 4.99. The highest BCUT2D eigenvalue weighted by Crippen LogP contribution is 2.34. The van der Waals surface area contributed by atoms with Crippen LogP contribution in [0.3, 0.4) is 0 Å². The first-order chi connectivity index (χ1) is 14.8. The molecular formula is C25H22ClN3O. The lowest BCUT2D eigenvalue weighted by atomic mass is 10.0. The minimum absolute atomic E-state index is 0.0223. The van der Waals surface area contributed by atoms with E-state index < -0.39 is 0 Å². The van der Waals surface area contributed by atoms with Gasteiger partial charge in [0.15, 0.2) is 6.23 Å². The Kier molecular flexibility index (Phi) is 5.35. The van der Waals surface area contributed by atoms with E-state index in [9.17, 15) is 0 Å². The summed E-state index contributed by atoms with van der Waals surface area (Å²) in [5, 5.41) is 6.19. The first-order valence-electron chi connectivity index (χ1n) is 10.3. The van der Waals surface area contributed by atoms with Gasteiger partial charge in [-0.1, -0.05) is 72.3 Å². The van der Waals surface area contributed by atoms with Gasteiger partial charge in [-0.2, -0.15) is 5.10 Å². The van der Waals surface area contributed by atoms with E-state index in [2.05, 4.69) is 29.4 Å². The van der Waals surface area contributed by atoms with E-state index in [1.165, 1.54) is 0 Å². The second kappa shape index (κ2) is 8.42. The van der Waals surface area contributed by atoms with Crippen LogP contribution in [-0.4, -0.2) is 22.1 Å². The zero-order valence-corrected chi connectivity index (χ0v) is 17.3. The van der Waals surface area contributed by atoms with E-state index in [0.717, 1.165) is 59.3 Å². The van der Waals surface area contributed by atoms with Crippen LogP contribution < -0.4 is 0 Å². The normalized spacial score (nSPS) is 16.5. The largest absolute Gasteiger partial charge is 0.356 e. The topological polar surface area (TPSA) is 39.4 Å². The Balaban J connectivity index is 1.60. The van der Waals surface area contributed by atoms with E-state index in [4.69, 9.17) is 21.3 Å². The number of ether oxygens (including phenoxy) is 1. The van der Waals surface area contributed by atoms with Crippen molar-refractivity contribution in [2.24, 2.45) is 4.99 Å². The van der Waals surface area contributed by atoms with Crippen molar-refractivity contribution in [1.29, 1.82) is 0 Å². The van der Waals surface area contributed by atoms with Crippen LogP contribution in [-0.2, 0) is 4.74 Å². The Bertz CT molecular complexity index is 1140. The Morgan fingerprint density at radius 3 is 2.30 bits per heavy atom. The molecule has 0 saturated carbocycles. The molecule has 0 amide bonds. The first kappa shape index (κ1) is 19.0. The molecule has 4 aromatic rings. The van der Waals surface area contributed by atoms with E-state index in [-0.39, 0.29) is 6.23 Å². The van der Waals surface area contributed by atoms with Gasteiger partial charge in [0.2, 0.25) is 0 Å². The number of hydrogen-bond acceptors (Lipinski definition) is 3. The maximum absolute atomic E-state index is 6.70. The number of hydrogen-bond donors (Lipinski definition) is 0. The van der Waals surface area contributed by atoms with Gasteiger partial charge in [0, 0.05) is 23.1 Å². The van der Waals surface area contributed by atoms with Crippen molar-refractivity contribution in [3.8, 4) is 0 Å². The van der Waals surface area contributed by atoms with Crippen LogP contribution in [0.5, 0.6) is 0 Å². The molecule has 1 saturated heterocycles. The summed E-state index contributed by atoms with van der Waals surface area (Å²) < 4.78 is 7.86. The number of aliphatic imine (C=N–C) groups is 1. The summed E-state index contributed by atoms with van der Waals surface area (Å²) in [7, 11) is 0. The lowest BCUT2D eigenvalue weighted by Gasteiger charge is -2.23. The Labute approximate surface area is 180 Å². The number of benzene rings is 3. The molecule has 3 aromatic carbocycles. The predicted molar refractivity (Wildman–Crippen MR) is 122 cm³/mol. The number of nitrogens with zero attached hydrogens (tertiary/aromatic N) is 3. The molecule has 0 N–H and O–H groups in total. The number of halogens is 1. The number of aromatic nitrogens is 2. The van der Waals surface area contributed by atoms with E-state index in [1.807, 2.05) is 59.4 Å². The predicted octanol–water partition coefficient (Wildman–Crippen LogP) is 6.56. The molecule has 1 unspecified atom stereocenters. The minimum Gasteiger partial charge on any atom is -0.356 e. The standard InChI is InChI=1S/C25H22ClN3O/c26-21-16-23-20(17-27-29(23)24-13-7-8-14-30-24)15-22(21)28-25(18-9-3-1-4-10-18)19-11-5-2-6-12-19/h1-6,9-12,15-17,24H,7-8,13-14H2. The molecule has 0 bridgehead atoms. The quantitative estimate of drug-likeness (QED) is 0.354. The van der Waals surface area contributed by atoms with Gasteiger partial charge in [-0.25, -0.2) is 9.67 Å². The van der Waals surface area contributed by atoms with Crippen LogP contribution in [0.2, 0.25) is 5.02 Å². The average Bonchev–Trinajstić information content (AvgIpc) is 3.21. The zero-order valence-electron chi connectivity index (χ0n) is 16.5. The molecule has 5 rings (SSSR count). The fourth-order valence-corrected chi connectivity index (χ4v) is 4.10. The van der Waals surface area contributed by atoms with Gasteiger partial charge in [0.1, 0.15) is 0 Å². The van der Waals surface area contributed by atoms with Crippen molar-refractivity contribution < 1.29 is 4.74 Å². The number of rotatable bonds is 4. The van der Waals surface area contributed by atoms with Crippen LogP contribution in [0.1, 0.15) is 36.6 Å². The zero-order chi connectivity index (χ0) is 20.3. The van der Waals surface area contributed by atoms with Crippen molar-refractivity contribution >= 4 is 33.9 Å². The molecular weight excluding hydrogens is 394 g/mol. The summed E-state index contributed by atoms with van der Waals surface area (Å²) in [6.07, 6.45) is 5.08. The van der Waals surface area contributed by atoms with E-state index >= 15 is 0 Å². The van der Waals surface area contributed by atoms with Crippen molar-refractivity contribution in [2.45, 2.75) is 25.5 Å². The highest BCUT2D eigenvalue weighted by Gasteiger charge is 2.19. The maximum Gasteiger partial charge on any atom is 0.150 e. The highest BCUT2D eigenvalue weighted by atomic mass is 35.5. The Morgan fingerprint density at radius 2 is 1.67 bits per heavy atom. The molecule has 1 aliphatic rings. The fourth-order valence-electron chi connectivity index (χ4n) is 3.90. The first-order valence-corrected chi connectivity index (χ1v) is 10.7. The van der Waals surface area contributed by atoms with Gasteiger partial charge in [-0.15, -0.1) is 0 Å². The third-order valence-corrected chi connectivity index (χ3v) is 5.72. The smallest absolute Gasteiger partial charge is 0.150 e. The van der Waals surface area contributed by atoms with Gasteiger partial charge >= 0.3 is 0 Å². The molecule has 150 valence electrons. The van der Waals surface area contributed by atoms with Crippen LogP contribution in [0, 0.1) is 0 Å². The molecule has 0 aliphatic carbocycles. The van der Waals surface area contributed by atoms with E-state index in [0.29, 0.717) is 5.02 Å². The molecule has 5 heteroatoms. The second-order valence-electron chi connectivity index (χ2n) is 7.47. The fraction of sp³-hybridized carbons (Fsp3) is 0.200. The summed E-state index contributed by atoms with van der Waals surface area (Å²) in [6, 6.07) is 24.3. The maximum atomic E-state index is 6.70. The third-order valence-electron chi connectivity index (χ3n) is 5.42. The Hall–Kier alpha value is -2.95. The molecule has 0 radical (unpaired) electrons. The van der Waals surface area contributed by atoms with Gasteiger partial charge < -0.3 is 4.74 Å². The van der Waals surface area contributed by atoms with E-state index in [1.54, 1.807) is 0 Å². The molecule has 4 nitrogen and oxygen atoms in total. The van der Waals surface area contributed by atoms with Crippen LogP contribution in [0.4, 0.5) is 5.69 Å². The second-order valence-corrected chi connectivity index (χ2v) is 7.87. The molecule has 2 heterocycles. The third kappa shape index (κ3) is 3.76. The van der Waals surface area contributed by atoms with Crippen molar-refractivity contribution in [2.75, 3.05) is 6.61 Å². The van der Waals surface area contributed by atoms with Crippen molar-refractivity contribution in [1.82, 2.24) is 9.78 Å². The van der Waals surface area contributed by atoms with Gasteiger partial charge in [-0.05, 0) is 31.4 Å². The summed E-state index contributed by atoms with van der Waals surface area (Å²) >= 11 is 6.70. The summed E-state index contributed by atoms with van der Waals surface area (Å²) in [5.74, 6) is 0. The average molecular weight is 416 g/mol. The Morgan fingerprint density at radius 1 is 0.967 bits per heavy atom. The minimum atomic E-state index is -0.0223. The van der Waals surface area contributed by atoms with Crippen LogP contribution >= 0.6 is 11.6 Å². The van der Waals surface area contributed by atoms with Gasteiger partial charge in [0.05, 0.1) is 28.1 Å². The molecule has 1 aromatic heterocycles. The van der Waals surface area contributed by atoms with Gasteiger partial charge in [0.25, 0.3) is 0 Å². The molecule has 1 atom stereocenters. The summed E-state index contributed by atoms with van der Waals surface area (Å²) in [6.45, 7) is 0.777. The molecule has 1 fully saturated rings. The van der Waals surface area contributed by atoms with Crippen LogP contribution in [0.25, 0.3) is 10.9 Å². The monoisotopic (exact) mass is 415 g/mol. The molecule has 30 heavy (non-hydrogen) atoms. The van der Waals surface area contributed by atoms with Gasteiger partial charge in [-0.3, -0.25) is 0 Å². The summed E-state index contributed by atoms with van der Waals surface area (Å²) in [5.41, 5.74) is 4.69. The van der Waals surface area contributed by atoms with Crippen molar-refractivity contribution in [3.05, 3.63) is 95.1 Å². The highest BCUT2D eigenvalue weighted by molar-refractivity contribution is 6.34. The SMILES string of the molecule is Clc1cc2c(cnn2C2CCCCO2)cc1N=C(c1ccccc1)c1ccccc1. The lowest BCUT2D eigenvalue weighted by molar-refractivity contribution is -0.0366.